The Morgan fingerprint density at radius 1 is 0.312 bits per heavy atom. The van der Waals surface area contributed by atoms with Crippen LogP contribution in [0.25, 0.3) is 90.9 Å². The van der Waals surface area contributed by atoms with Gasteiger partial charge in [-0.25, -0.2) is 48.3 Å². The summed E-state index contributed by atoms with van der Waals surface area (Å²) in [5.41, 5.74) is 8.78. The summed E-state index contributed by atoms with van der Waals surface area (Å²) in [6.07, 6.45) is 7.29. The van der Waals surface area contributed by atoms with Crippen LogP contribution in [0.2, 0.25) is 0 Å². The van der Waals surface area contributed by atoms with Crippen LogP contribution in [0, 0.1) is 23.7 Å². The van der Waals surface area contributed by atoms with Crippen LogP contribution in [0.1, 0.15) is 78.2 Å². The molecule has 0 radical (unpaired) electrons. The number of methoxy groups -OCH3 is 4. The molecule has 498 valence electrons. The van der Waals surface area contributed by atoms with E-state index in [0.717, 1.165) is 0 Å². The van der Waals surface area contributed by atoms with Crippen LogP contribution >= 0.6 is 0 Å². The average molecular weight is 1300 g/mol. The molecule has 5 heterocycles. The van der Waals surface area contributed by atoms with Gasteiger partial charge in [-0.1, -0.05) is 128 Å². The second-order valence-corrected chi connectivity index (χ2v) is 24.1. The molecule has 24 heteroatoms. The zero-order valence-electron chi connectivity index (χ0n) is 55.3. The molecule has 0 spiro atoms. The van der Waals surface area contributed by atoms with Crippen molar-refractivity contribution in [2.24, 2.45) is 23.7 Å². The average Bonchev–Trinajstić information content (AvgIpc) is 1.60. The number of fused-ring (bicyclic) bond motifs is 8. The Kier molecular flexibility index (Phi) is 21.8. The van der Waals surface area contributed by atoms with Gasteiger partial charge >= 0.3 is 48.0 Å². The van der Waals surface area contributed by atoms with Gasteiger partial charge in [-0.05, 0) is 96.5 Å². The predicted molar refractivity (Wildman–Crippen MR) is 372 cm³/mol. The fourth-order valence-electron chi connectivity index (χ4n) is 11.3. The fraction of sp³-hybridized carbons (Fsp3) is 0.278. The number of hydrogen-bond donors (Lipinski definition) is 10. The number of H-pyrrole nitrogens is 2. The maximum Gasteiger partial charge on any atom is 0.328 e. The molecule has 24 nitrogen and oxygen atoms in total. The Morgan fingerprint density at radius 2 is 0.510 bits per heavy atom. The number of nitrogens with zero attached hydrogens (tertiary/aromatic N) is 2. The van der Waals surface area contributed by atoms with Gasteiger partial charge in [-0.15, -0.1) is 0 Å². The van der Waals surface area contributed by atoms with Crippen LogP contribution in [0.4, 0.5) is 41.9 Å². The minimum atomic E-state index is -0.992. The Bertz CT molecular complexity index is 3850. The van der Waals surface area contributed by atoms with E-state index < -0.39 is 72.2 Å². The maximum atomic E-state index is 14.1. The van der Waals surface area contributed by atoms with Gasteiger partial charge in [0.15, 0.2) is 0 Å². The van der Waals surface area contributed by atoms with E-state index in [0.29, 0.717) is 112 Å². The van der Waals surface area contributed by atoms with Crippen LogP contribution in [-0.4, -0.2) is 121 Å². The third-order valence-corrected chi connectivity index (χ3v) is 16.2. The molecule has 0 unspecified atom stereocenters. The molecule has 10 N–H and O–H groups in total. The van der Waals surface area contributed by atoms with E-state index in [1.54, 1.807) is 128 Å². The van der Waals surface area contributed by atoms with Crippen molar-refractivity contribution in [3.63, 3.8) is 0 Å². The van der Waals surface area contributed by atoms with Gasteiger partial charge in [0.25, 0.3) is 0 Å². The third kappa shape index (κ3) is 15.4. The van der Waals surface area contributed by atoms with E-state index in [1.807, 2.05) is 72.8 Å². The lowest BCUT2D eigenvalue weighted by Crippen LogP contribution is -2.46. The molecule has 3 aromatic heterocycles. The van der Waals surface area contributed by atoms with E-state index in [-0.39, 0.29) is 23.7 Å². The first-order chi connectivity index (χ1) is 46.0. The molecule has 2 aliphatic rings. The minimum absolute atomic E-state index is 0.329. The minimum Gasteiger partial charge on any atom is -0.467 e. The number of benzene rings is 4. The van der Waals surface area contributed by atoms with Gasteiger partial charge in [0.05, 0.1) is 74.0 Å². The lowest BCUT2D eigenvalue weighted by Gasteiger charge is -2.21. The molecule has 8 amide bonds. The molecule has 4 aromatic carbocycles. The zero-order valence-corrected chi connectivity index (χ0v) is 55.3. The molecule has 96 heavy (non-hydrogen) atoms. The molecular weight excluding hydrogens is 1220 g/mol. The Balaban J connectivity index is 1.38. The normalized spacial score (nSPS) is 12.8. The summed E-state index contributed by atoms with van der Waals surface area (Å²) < 4.78 is 20.2. The van der Waals surface area contributed by atoms with Gasteiger partial charge in [0, 0.05) is 66.6 Å². The van der Waals surface area contributed by atoms with Gasteiger partial charge in [-0.3, -0.25) is 0 Å². The summed E-state index contributed by atoms with van der Waals surface area (Å²) in [6, 6.07) is 29.1. The fourth-order valence-corrected chi connectivity index (χ4v) is 11.3. The van der Waals surface area contributed by atoms with E-state index in [9.17, 15) is 38.4 Å². The van der Waals surface area contributed by atoms with Crippen molar-refractivity contribution in [1.29, 1.82) is 0 Å². The lowest BCUT2D eigenvalue weighted by molar-refractivity contribution is -0.144. The van der Waals surface area contributed by atoms with Crippen molar-refractivity contribution in [1.82, 2.24) is 41.2 Å². The Labute approximate surface area is 554 Å². The lowest BCUT2D eigenvalue weighted by atomic mass is 10.0. The highest BCUT2D eigenvalue weighted by Gasteiger charge is 2.31. The van der Waals surface area contributed by atoms with Crippen molar-refractivity contribution in [3.05, 3.63) is 144 Å². The second kappa shape index (κ2) is 30.5. The molecule has 0 aliphatic carbocycles. The number of aromatic nitrogens is 4. The summed E-state index contributed by atoms with van der Waals surface area (Å²) in [5, 5.41) is 23.0. The molecule has 0 fully saturated rings. The first-order valence-electron chi connectivity index (χ1n) is 31.2. The Morgan fingerprint density at radius 3 is 0.698 bits per heavy atom. The first-order valence-corrected chi connectivity index (χ1v) is 31.2. The first kappa shape index (κ1) is 68.8. The number of aromatic amines is 2. The number of ether oxygens (including phenoxy) is 4. The molecular formula is C72H78N12O12. The summed E-state index contributed by atoms with van der Waals surface area (Å²) in [4.78, 5) is 127. The summed E-state index contributed by atoms with van der Waals surface area (Å²) in [5.74, 6) is -3.85. The summed E-state index contributed by atoms with van der Waals surface area (Å²) in [7, 11) is 5.00. The van der Waals surface area contributed by atoms with Crippen LogP contribution < -0.4 is 42.5 Å². The number of rotatable bonds is 20. The number of hydrogen-bond acceptors (Lipinski definition) is 14. The van der Waals surface area contributed by atoms with E-state index in [1.165, 1.54) is 28.4 Å². The number of anilines is 4. The number of para-hydroxylation sites is 4. The summed E-state index contributed by atoms with van der Waals surface area (Å²) in [6.45, 7) is 14.3. The predicted octanol–water partition coefficient (Wildman–Crippen LogP) is 12.6. The molecule has 4 atom stereocenters. The van der Waals surface area contributed by atoms with Crippen molar-refractivity contribution < 1.29 is 57.3 Å². The number of carbonyl (C=O) groups excluding carboxylic acids is 8. The zero-order chi connectivity index (χ0) is 69.1. The number of esters is 4. The smallest absolute Gasteiger partial charge is 0.328 e. The molecule has 7 aromatic rings. The highest BCUT2D eigenvalue weighted by Crippen LogP contribution is 2.43. The topological polar surface area (TPSA) is 327 Å². The molecule has 0 saturated heterocycles. The standard InChI is InChI=1S/C72H78N12O12/c1-37(2)61(65(85)93-9)81-69(89)77-45-25-17-13-21-41(45)57-49-29-31-51(73-49)58(42-22-14-18-26-46(42)78-70(90)82-62(38(3)4)66(86)94-10)53-33-35-55(75-53)60(44-24-16-20-28-48(44)80-72(92)84-64(40(7)8)68(88)96-12)56-36-34-54(76-56)59(52-32-30-50(57)74-52)43-23-15-19-27-47(43)79-71(91)83-63(39(5)6)67(87)95-11/h13-40,61-64,73,76H,1-12H3,(H2,77,81,89)(H2,78,82,90)(H2,79,83,91)(H2,80,84,92)/t61-,62-,63-,64-/m0/s1. The number of urea groups is 4. The number of nitrogens with one attached hydrogen (secondary N) is 10. The number of carbonyl (C=O) groups is 8. The van der Waals surface area contributed by atoms with Gasteiger partial charge in [-0.2, -0.15) is 0 Å². The largest absolute Gasteiger partial charge is 0.467 e. The molecule has 8 bridgehead atoms. The molecule has 0 saturated carbocycles. The van der Waals surface area contributed by atoms with Crippen molar-refractivity contribution in [3.8, 4) is 44.5 Å². The molecule has 9 rings (SSSR count). The quantitative estimate of drug-likeness (QED) is 0.0251. The third-order valence-electron chi connectivity index (χ3n) is 16.2. The van der Waals surface area contributed by atoms with E-state index in [2.05, 4.69) is 52.5 Å². The van der Waals surface area contributed by atoms with Crippen LogP contribution in [-0.2, 0) is 38.1 Å². The second-order valence-electron chi connectivity index (χ2n) is 24.1. The molecule has 2 aliphatic heterocycles. The number of amides is 8. The summed E-state index contributed by atoms with van der Waals surface area (Å²) >= 11 is 0. The van der Waals surface area contributed by atoms with E-state index in [4.69, 9.17) is 28.9 Å². The van der Waals surface area contributed by atoms with Crippen LogP contribution in [0.15, 0.2) is 121 Å². The van der Waals surface area contributed by atoms with Gasteiger partial charge in [0.1, 0.15) is 24.2 Å². The highest BCUT2D eigenvalue weighted by molar-refractivity contribution is 6.08. The highest BCUT2D eigenvalue weighted by atomic mass is 16.5. The van der Waals surface area contributed by atoms with Crippen molar-refractivity contribution in [2.45, 2.75) is 79.6 Å². The Hall–Kier alpha value is -11.6. The van der Waals surface area contributed by atoms with Crippen LogP contribution in [0.5, 0.6) is 0 Å². The SMILES string of the molecule is COC(=O)[C@@H](NC(=O)Nc1ccccc1-c1c2nc(c(-c3ccccc3NC(=O)N[C@H](C(=O)OC)C(C)C)c3ccc([nH]3)c(-c3ccccc3NC(=O)N[C@H](C(=O)OC)C(C)C)c3nc(c(-c4ccccc4NC(=O)N[C@H](C(=O)OC)C(C)C)c4ccc1[nH]4)C=C3)C=C2)C(C)C. The van der Waals surface area contributed by atoms with E-state index >= 15 is 0 Å². The van der Waals surface area contributed by atoms with Crippen LogP contribution in [0.3, 0.4) is 0 Å². The van der Waals surface area contributed by atoms with Crippen molar-refractivity contribution in [2.75, 3.05) is 49.7 Å². The van der Waals surface area contributed by atoms with Gasteiger partial charge < -0.3 is 71.4 Å². The monoisotopic (exact) mass is 1300 g/mol. The van der Waals surface area contributed by atoms with Crippen molar-refractivity contribution >= 4 is 117 Å². The van der Waals surface area contributed by atoms with Gasteiger partial charge in [0.2, 0.25) is 0 Å². The maximum absolute atomic E-state index is 14.1.